The molecule has 170 valence electrons. The summed E-state index contributed by atoms with van der Waals surface area (Å²) < 4.78 is 26.2. The van der Waals surface area contributed by atoms with Gasteiger partial charge in [0.2, 0.25) is 0 Å². The Morgan fingerprint density at radius 2 is 1.94 bits per heavy atom. The highest BCUT2D eigenvalue weighted by atomic mass is 19.1. The SMILES string of the molecule is O=C(c1ccc(Cc2ccccc2F)nc1)N1CCC[C@@]2(C[C@@H](Oc3ccccc3)CO2)C1. The van der Waals surface area contributed by atoms with Gasteiger partial charge in [-0.05, 0) is 48.7 Å². The van der Waals surface area contributed by atoms with Crippen LogP contribution in [0.1, 0.15) is 40.9 Å². The van der Waals surface area contributed by atoms with Crippen LogP contribution in [0, 0.1) is 5.82 Å². The van der Waals surface area contributed by atoms with Crippen LogP contribution in [0.25, 0.3) is 0 Å². The fraction of sp³-hybridized carbons (Fsp3) is 0.333. The zero-order chi connectivity index (χ0) is 22.7. The molecule has 2 saturated heterocycles. The van der Waals surface area contributed by atoms with Crippen LogP contribution in [0.15, 0.2) is 72.9 Å². The van der Waals surface area contributed by atoms with E-state index in [1.165, 1.54) is 6.07 Å². The van der Waals surface area contributed by atoms with Crippen molar-refractivity contribution in [2.24, 2.45) is 0 Å². The minimum Gasteiger partial charge on any atom is -0.488 e. The predicted octanol–water partition coefficient (Wildman–Crippen LogP) is 4.65. The first-order valence-corrected chi connectivity index (χ1v) is 11.4. The fourth-order valence-electron chi connectivity index (χ4n) is 4.80. The second kappa shape index (κ2) is 9.32. The van der Waals surface area contributed by atoms with Crippen LogP contribution >= 0.6 is 0 Å². The zero-order valence-corrected chi connectivity index (χ0v) is 18.5. The molecule has 2 aromatic carbocycles. The van der Waals surface area contributed by atoms with Crippen molar-refractivity contribution in [3.05, 3.63) is 95.6 Å². The fourth-order valence-corrected chi connectivity index (χ4v) is 4.80. The van der Waals surface area contributed by atoms with E-state index >= 15 is 0 Å². The van der Waals surface area contributed by atoms with Crippen molar-refractivity contribution in [2.75, 3.05) is 19.7 Å². The molecule has 0 saturated carbocycles. The average molecular weight is 447 g/mol. The number of piperidine rings is 1. The molecule has 2 fully saturated rings. The Balaban J connectivity index is 1.21. The lowest BCUT2D eigenvalue weighted by Gasteiger charge is -2.39. The number of carbonyl (C=O) groups is 1. The van der Waals surface area contributed by atoms with Crippen molar-refractivity contribution < 1.29 is 18.7 Å². The summed E-state index contributed by atoms with van der Waals surface area (Å²) in [5.41, 5.74) is 1.50. The Kier molecular flexibility index (Phi) is 6.09. The quantitative estimate of drug-likeness (QED) is 0.572. The Bertz CT molecular complexity index is 1110. The number of carbonyl (C=O) groups excluding carboxylic acids is 1. The van der Waals surface area contributed by atoms with Gasteiger partial charge in [-0.3, -0.25) is 9.78 Å². The van der Waals surface area contributed by atoms with Crippen molar-refractivity contribution in [1.29, 1.82) is 0 Å². The minimum atomic E-state index is -0.356. The van der Waals surface area contributed by atoms with Crippen LogP contribution in [0.2, 0.25) is 0 Å². The number of benzene rings is 2. The second-order valence-electron chi connectivity index (χ2n) is 8.89. The first-order chi connectivity index (χ1) is 16.1. The Morgan fingerprint density at radius 1 is 1.12 bits per heavy atom. The normalized spacial score (nSPS) is 22.5. The smallest absolute Gasteiger partial charge is 0.255 e. The summed E-state index contributed by atoms with van der Waals surface area (Å²) in [5, 5.41) is 0. The summed E-state index contributed by atoms with van der Waals surface area (Å²) in [6, 6.07) is 20.0. The molecule has 1 spiro atoms. The van der Waals surface area contributed by atoms with Gasteiger partial charge < -0.3 is 14.4 Å². The van der Waals surface area contributed by atoms with E-state index in [1.807, 2.05) is 41.3 Å². The van der Waals surface area contributed by atoms with Gasteiger partial charge in [0.25, 0.3) is 5.91 Å². The lowest BCUT2D eigenvalue weighted by atomic mass is 9.89. The summed E-state index contributed by atoms with van der Waals surface area (Å²) in [6.45, 7) is 1.78. The number of ether oxygens (including phenoxy) is 2. The molecule has 3 heterocycles. The molecule has 0 bridgehead atoms. The average Bonchev–Trinajstić information content (AvgIpc) is 3.22. The summed E-state index contributed by atoms with van der Waals surface area (Å²) >= 11 is 0. The summed E-state index contributed by atoms with van der Waals surface area (Å²) in [4.78, 5) is 19.5. The number of likely N-dealkylation sites (tertiary alicyclic amines) is 1. The van der Waals surface area contributed by atoms with Gasteiger partial charge >= 0.3 is 0 Å². The highest BCUT2D eigenvalue weighted by Crippen LogP contribution is 2.36. The van der Waals surface area contributed by atoms with Crippen LogP contribution in [0.4, 0.5) is 4.39 Å². The molecule has 0 N–H and O–H groups in total. The molecule has 2 aliphatic heterocycles. The van der Waals surface area contributed by atoms with Gasteiger partial charge in [-0.25, -0.2) is 4.39 Å². The number of rotatable bonds is 5. The van der Waals surface area contributed by atoms with E-state index in [2.05, 4.69) is 4.98 Å². The molecular weight excluding hydrogens is 419 g/mol. The molecule has 5 rings (SSSR count). The largest absolute Gasteiger partial charge is 0.488 e. The van der Waals surface area contributed by atoms with Gasteiger partial charge in [0.15, 0.2) is 0 Å². The van der Waals surface area contributed by atoms with Crippen molar-refractivity contribution in [2.45, 2.75) is 37.4 Å². The van der Waals surface area contributed by atoms with E-state index in [9.17, 15) is 9.18 Å². The number of hydrogen-bond donors (Lipinski definition) is 0. The molecule has 0 unspecified atom stereocenters. The molecular formula is C27H27FN2O3. The number of pyridine rings is 1. The Hall–Kier alpha value is -3.25. The van der Waals surface area contributed by atoms with E-state index in [-0.39, 0.29) is 23.4 Å². The highest BCUT2D eigenvalue weighted by Gasteiger charge is 2.45. The molecule has 0 aliphatic carbocycles. The van der Waals surface area contributed by atoms with Crippen molar-refractivity contribution in [3.8, 4) is 5.75 Å². The molecule has 2 atom stereocenters. The van der Waals surface area contributed by atoms with Crippen molar-refractivity contribution >= 4 is 5.91 Å². The zero-order valence-electron chi connectivity index (χ0n) is 18.5. The van der Waals surface area contributed by atoms with Crippen LogP contribution in [-0.4, -0.2) is 47.2 Å². The maximum atomic E-state index is 13.9. The molecule has 2 aliphatic rings. The Labute approximate surface area is 193 Å². The molecule has 3 aromatic rings. The Morgan fingerprint density at radius 3 is 2.73 bits per heavy atom. The standard InChI is InChI=1S/C27H27FN2O3/c28-25-10-5-4-7-20(25)15-22-12-11-21(17-29-22)26(31)30-14-6-13-27(19-30)16-24(18-32-27)33-23-8-2-1-3-9-23/h1-5,7-12,17,24H,6,13-16,18-19H2/t24-,27-/m1/s1. The van der Waals surface area contributed by atoms with Crippen molar-refractivity contribution in [1.82, 2.24) is 9.88 Å². The third kappa shape index (κ3) is 4.91. The van der Waals surface area contributed by atoms with Gasteiger partial charge in [0, 0.05) is 31.3 Å². The van der Waals surface area contributed by atoms with Crippen LogP contribution in [-0.2, 0) is 11.2 Å². The van der Waals surface area contributed by atoms with Gasteiger partial charge in [-0.2, -0.15) is 0 Å². The highest BCUT2D eigenvalue weighted by molar-refractivity contribution is 5.94. The maximum Gasteiger partial charge on any atom is 0.255 e. The number of amides is 1. The lowest BCUT2D eigenvalue weighted by Crippen LogP contribution is -2.50. The van der Waals surface area contributed by atoms with Crippen LogP contribution < -0.4 is 4.74 Å². The van der Waals surface area contributed by atoms with Gasteiger partial charge in [-0.1, -0.05) is 36.4 Å². The van der Waals surface area contributed by atoms with Gasteiger partial charge in [0.05, 0.1) is 24.3 Å². The molecule has 1 aromatic heterocycles. The number of nitrogens with zero attached hydrogens (tertiary/aromatic N) is 2. The second-order valence-corrected chi connectivity index (χ2v) is 8.89. The van der Waals surface area contributed by atoms with E-state index in [4.69, 9.17) is 9.47 Å². The minimum absolute atomic E-state index is 0.0122. The van der Waals surface area contributed by atoms with E-state index < -0.39 is 0 Å². The van der Waals surface area contributed by atoms with Gasteiger partial charge in [-0.15, -0.1) is 0 Å². The lowest BCUT2D eigenvalue weighted by molar-refractivity contribution is -0.0453. The number of aromatic nitrogens is 1. The molecule has 0 radical (unpaired) electrons. The number of halogens is 1. The number of para-hydroxylation sites is 1. The van der Waals surface area contributed by atoms with E-state index in [0.29, 0.717) is 37.2 Å². The monoisotopic (exact) mass is 446 g/mol. The predicted molar refractivity (Wildman–Crippen MR) is 123 cm³/mol. The molecule has 1 amide bonds. The van der Waals surface area contributed by atoms with Crippen LogP contribution in [0.5, 0.6) is 5.75 Å². The van der Waals surface area contributed by atoms with Gasteiger partial charge in [0.1, 0.15) is 17.7 Å². The summed E-state index contributed by atoms with van der Waals surface area (Å²) in [7, 11) is 0. The first kappa shape index (κ1) is 21.6. The molecule has 6 heteroatoms. The molecule has 5 nitrogen and oxygen atoms in total. The summed E-state index contributed by atoms with van der Waals surface area (Å²) in [6.07, 6.45) is 4.56. The molecule has 33 heavy (non-hydrogen) atoms. The maximum absolute atomic E-state index is 13.9. The third-order valence-electron chi connectivity index (χ3n) is 6.45. The number of hydrogen-bond acceptors (Lipinski definition) is 4. The third-order valence-corrected chi connectivity index (χ3v) is 6.45. The van der Waals surface area contributed by atoms with E-state index in [1.54, 1.807) is 30.5 Å². The van der Waals surface area contributed by atoms with E-state index in [0.717, 1.165) is 30.7 Å². The first-order valence-electron chi connectivity index (χ1n) is 11.4. The van der Waals surface area contributed by atoms with Crippen LogP contribution in [0.3, 0.4) is 0 Å². The topological polar surface area (TPSA) is 51.7 Å². The summed E-state index contributed by atoms with van der Waals surface area (Å²) in [5.74, 6) is 0.549. The van der Waals surface area contributed by atoms with Crippen molar-refractivity contribution in [3.63, 3.8) is 0 Å².